The van der Waals surface area contributed by atoms with E-state index in [0.29, 0.717) is 0 Å². The average Bonchev–Trinajstić information content (AvgIpc) is 3.60. The number of rotatable bonds is 4. The highest BCUT2D eigenvalue weighted by molar-refractivity contribution is 6.14. The van der Waals surface area contributed by atoms with E-state index in [-0.39, 0.29) is 0 Å². The van der Waals surface area contributed by atoms with Gasteiger partial charge in [-0.2, -0.15) is 0 Å². The van der Waals surface area contributed by atoms with Gasteiger partial charge in [-0.15, -0.1) is 0 Å². The molecular weight excluding hydrogens is 488 g/mol. The third kappa shape index (κ3) is 3.58. The van der Waals surface area contributed by atoms with Crippen LogP contribution in [-0.4, -0.2) is 0 Å². The van der Waals surface area contributed by atoms with Crippen LogP contribution in [0.25, 0.3) is 77.6 Å². The molecule has 0 saturated heterocycles. The van der Waals surface area contributed by atoms with Crippen LogP contribution in [0.1, 0.15) is 0 Å². The van der Waals surface area contributed by atoms with Gasteiger partial charge in [-0.25, -0.2) is 0 Å². The van der Waals surface area contributed by atoms with E-state index in [9.17, 15) is 0 Å². The van der Waals surface area contributed by atoms with Crippen molar-refractivity contribution in [3.05, 3.63) is 146 Å². The smallest absolute Gasteiger partial charge is 0.143 e. The highest BCUT2D eigenvalue weighted by Crippen LogP contribution is 2.46. The van der Waals surface area contributed by atoms with Gasteiger partial charge in [0.05, 0.1) is 0 Å². The summed E-state index contributed by atoms with van der Waals surface area (Å²) in [6.07, 6.45) is 0. The third-order valence-corrected chi connectivity index (χ3v) is 7.71. The van der Waals surface area contributed by atoms with Crippen LogP contribution in [0.15, 0.2) is 154 Å². The van der Waals surface area contributed by atoms with Crippen molar-refractivity contribution in [2.75, 3.05) is 0 Å². The number of hydrogen-bond donors (Lipinski definition) is 0. The minimum absolute atomic E-state index is 0.844. The SMILES string of the molecule is c1ccc(-c2cccc(-c3oc(-c4ccc5c(oc6ccccc65)c4-c4ccccc4)c4ccccc34)c2)cc1. The molecule has 0 N–H and O–H groups in total. The lowest BCUT2D eigenvalue weighted by molar-refractivity contribution is 0.602. The maximum absolute atomic E-state index is 6.87. The first-order valence-corrected chi connectivity index (χ1v) is 13.5. The summed E-state index contributed by atoms with van der Waals surface area (Å²) in [4.78, 5) is 0. The van der Waals surface area contributed by atoms with Crippen molar-refractivity contribution in [3.8, 4) is 44.9 Å². The molecule has 2 heteroatoms. The molecule has 0 aliphatic heterocycles. The molecule has 0 spiro atoms. The van der Waals surface area contributed by atoms with Gasteiger partial charge >= 0.3 is 0 Å². The summed E-state index contributed by atoms with van der Waals surface area (Å²) in [6, 6.07) is 50.5. The van der Waals surface area contributed by atoms with Crippen molar-refractivity contribution < 1.29 is 8.83 Å². The Morgan fingerprint density at radius 3 is 1.73 bits per heavy atom. The summed E-state index contributed by atoms with van der Waals surface area (Å²) in [6.45, 7) is 0. The summed E-state index contributed by atoms with van der Waals surface area (Å²) < 4.78 is 13.4. The average molecular weight is 513 g/mol. The van der Waals surface area contributed by atoms with E-state index in [2.05, 4.69) is 121 Å². The molecule has 188 valence electrons. The monoisotopic (exact) mass is 512 g/mol. The Kier molecular flexibility index (Phi) is 5.17. The van der Waals surface area contributed by atoms with Crippen molar-refractivity contribution in [2.45, 2.75) is 0 Å². The largest absolute Gasteiger partial charge is 0.455 e. The van der Waals surface area contributed by atoms with E-state index in [4.69, 9.17) is 8.83 Å². The number of para-hydroxylation sites is 1. The highest BCUT2D eigenvalue weighted by Gasteiger charge is 2.23. The fraction of sp³-hybridized carbons (Fsp3) is 0. The van der Waals surface area contributed by atoms with Crippen molar-refractivity contribution in [1.29, 1.82) is 0 Å². The molecule has 0 saturated carbocycles. The van der Waals surface area contributed by atoms with Crippen LogP contribution < -0.4 is 0 Å². The highest BCUT2D eigenvalue weighted by atomic mass is 16.3. The topological polar surface area (TPSA) is 26.3 Å². The lowest BCUT2D eigenvalue weighted by Gasteiger charge is -2.10. The van der Waals surface area contributed by atoms with Crippen molar-refractivity contribution in [1.82, 2.24) is 0 Å². The molecule has 8 aromatic rings. The van der Waals surface area contributed by atoms with Crippen LogP contribution in [0.4, 0.5) is 0 Å². The molecule has 2 heterocycles. The molecular formula is C38H24O2. The first-order valence-electron chi connectivity index (χ1n) is 13.5. The van der Waals surface area contributed by atoms with Gasteiger partial charge in [0.1, 0.15) is 22.7 Å². The number of fused-ring (bicyclic) bond motifs is 4. The molecule has 2 nitrogen and oxygen atoms in total. The molecule has 40 heavy (non-hydrogen) atoms. The summed E-state index contributed by atoms with van der Waals surface area (Å²) in [5.41, 5.74) is 8.30. The van der Waals surface area contributed by atoms with Gasteiger partial charge in [-0.3, -0.25) is 0 Å². The molecule has 0 atom stereocenters. The fourth-order valence-electron chi connectivity index (χ4n) is 5.85. The zero-order chi connectivity index (χ0) is 26.5. The standard InChI is InChI=1S/C38H24O2/c1-3-12-25(13-4-1)27-16-11-17-28(24-27)36-30-19-7-8-20-31(30)37(40-36)33-23-22-32-29-18-9-10-21-34(29)39-38(32)35(33)26-14-5-2-6-15-26/h1-24H. The number of furan rings is 2. The Labute approximate surface area is 231 Å². The third-order valence-electron chi connectivity index (χ3n) is 7.71. The zero-order valence-electron chi connectivity index (χ0n) is 21.7. The maximum atomic E-state index is 6.87. The second-order valence-corrected chi connectivity index (χ2v) is 10.1. The van der Waals surface area contributed by atoms with Gasteiger partial charge in [0.15, 0.2) is 0 Å². The molecule has 0 aliphatic carbocycles. The van der Waals surface area contributed by atoms with E-state index < -0.39 is 0 Å². The summed E-state index contributed by atoms with van der Waals surface area (Å²) in [5, 5.41) is 4.38. The van der Waals surface area contributed by atoms with E-state index in [1.54, 1.807) is 0 Å². The van der Waals surface area contributed by atoms with Gasteiger partial charge < -0.3 is 8.83 Å². The first-order chi connectivity index (χ1) is 19.8. The van der Waals surface area contributed by atoms with Gasteiger partial charge in [-0.1, -0.05) is 121 Å². The van der Waals surface area contributed by atoms with Crippen LogP contribution in [0.2, 0.25) is 0 Å². The molecule has 0 amide bonds. The minimum Gasteiger partial charge on any atom is -0.455 e. The van der Waals surface area contributed by atoms with Crippen molar-refractivity contribution >= 4 is 32.7 Å². The Bertz CT molecular complexity index is 2150. The lowest BCUT2D eigenvalue weighted by Crippen LogP contribution is -1.86. The van der Waals surface area contributed by atoms with Gasteiger partial charge in [0.25, 0.3) is 0 Å². The Morgan fingerprint density at radius 2 is 0.950 bits per heavy atom. The Hall–Kier alpha value is -5.34. The Morgan fingerprint density at radius 1 is 0.350 bits per heavy atom. The van der Waals surface area contributed by atoms with Crippen molar-refractivity contribution in [3.63, 3.8) is 0 Å². The molecule has 0 radical (unpaired) electrons. The quantitative estimate of drug-likeness (QED) is 0.234. The summed E-state index contributed by atoms with van der Waals surface area (Å²) >= 11 is 0. The van der Waals surface area contributed by atoms with E-state index in [1.807, 2.05) is 24.3 Å². The van der Waals surface area contributed by atoms with Crippen LogP contribution in [0.5, 0.6) is 0 Å². The minimum atomic E-state index is 0.844. The van der Waals surface area contributed by atoms with Crippen LogP contribution >= 0.6 is 0 Å². The van der Waals surface area contributed by atoms with Gasteiger partial charge in [0.2, 0.25) is 0 Å². The number of benzene rings is 6. The van der Waals surface area contributed by atoms with E-state index in [1.165, 1.54) is 5.56 Å². The predicted molar refractivity (Wildman–Crippen MR) is 165 cm³/mol. The molecule has 0 unspecified atom stereocenters. The predicted octanol–water partition coefficient (Wildman–Crippen LogP) is 11.0. The second-order valence-electron chi connectivity index (χ2n) is 10.1. The zero-order valence-corrected chi connectivity index (χ0v) is 21.7. The molecule has 0 fully saturated rings. The van der Waals surface area contributed by atoms with Crippen molar-refractivity contribution in [2.24, 2.45) is 0 Å². The van der Waals surface area contributed by atoms with Crippen LogP contribution in [0, 0.1) is 0 Å². The maximum Gasteiger partial charge on any atom is 0.143 e. The molecule has 6 aromatic carbocycles. The molecule has 0 aliphatic rings. The summed E-state index contributed by atoms with van der Waals surface area (Å²) in [5.74, 6) is 1.71. The number of hydrogen-bond acceptors (Lipinski definition) is 2. The Balaban J connectivity index is 1.40. The fourth-order valence-corrected chi connectivity index (χ4v) is 5.85. The van der Waals surface area contributed by atoms with Gasteiger partial charge in [-0.05, 0) is 41.0 Å². The first kappa shape index (κ1) is 22.6. The van der Waals surface area contributed by atoms with Crippen LogP contribution in [-0.2, 0) is 0 Å². The van der Waals surface area contributed by atoms with Gasteiger partial charge in [0, 0.05) is 38.2 Å². The molecule has 2 aromatic heterocycles. The van der Waals surface area contributed by atoms with E-state index >= 15 is 0 Å². The van der Waals surface area contributed by atoms with Crippen LogP contribution in [0.3, 0.4) is 0 Å². The summed E-state index contributed by atoms with van der Waals surface area (Å²) in [7, 11) is 0. The normalized spacial score (nSPS) is 11.5. The molecule has 8 rings (SSSR count). The second kappa shape index (κ2) is 9.14. The lowest BCUT2D eigenvalue weighted by atomic mass is 9.94. The molecule has 0 bridgehead atoms. The van der Waals surface area contributed by atoms with E-state index in [0.717, 1.165) is 72.0 Å².